The molecule has 1 aromatic carbocycles. The molecule has 0 N–H and O–H groups in total. The van der Waals surface area contributed by atoms with Gasteiger partial charge in [-0.1, -0.05) is 25.1 Å². The Balaban J connectivity index is 2.60. The Morgan fingerprint density at radius 1 is 1.43 bits per heavy atom. The molecular weight excluding hydrogens is 182 g/mol. The summed E-state index contributed by atoms with van der Waals surface area (Å²) in [6.07, 6.45) is 0.239. The molecule has 0 aliphatic rings. The summed E-state index contributed by atoms with van der Waals surface area (Å²) in [5.41, 5.74) is 0. The summed E-state index contributed by atoms with van der Waals surface area (Å²) >= 11 is 0. The third kappa shape index (κ3) is 3.05. The third-order valence-corrected chi connectivity index (χ3v) is 1.79. The fraction of sp³-hybridized carbons (Fsp3) is 0.400. The van der Waals surface area contributed by atoms with Gasteiger partial charge in [0.2, 0.25) is 0 Å². The predicted octanol–water partition coefficient (Wildman–Crippen LogP) is 2.47. The van der Waals surface area contributed by atoms with Crippen LogP contribution in [0.25, 0.3) is 0 Å². The van der Waals surface area contributed by atoms with E-state index >= 15 is 0 Å². The minimum absolute atomic E-state index is 0.392. The molecule has 0 bridgehead atoms. The maximum atomic E-state index is 10.6. The Hall–Kier alpha value is -1.58. The lowest BCUT2D eigenvalue weighted by molar-refractivity contribution is -0.563. The molecule has 4 nitrogen and oxygen atoms in total. The predicted molar refractivity (Wildman–Crippen MR) is 52.8 cm³/mol. The van der Waals surface area contributed by atoms with Crippen molar-refractivity contribution in [1.82, 2.24) is 0 Å². The Kier molecular flexibility index (Phi) is 3.91. The van der Waals surface area contributed by atoms with Crippen molar-refractivity contribution >= 4 is 0 Å². The van der Waals surface area contributed by atoms with Crippen LogP contribution in [0.1, 0.15) is 19.8 Å². The van der Waals surface area contributed by atoms with Crippen molar-refractivity contribution in [3.8, 4) is 5.75 Å². The average Bonchev–Trinajstić information content (AvgIpc) is 2.18. The minimum atomic E-state index is -0.928. The zero-order valence-electron chi connectivity index (χ0n) is 8.05. The number of hydrogen-bond acceptors (Lipinski definition) is 3. The van der Waals surface area contributed by atoms with Crippen LogP contribution in [0, 0.1) is 10.1 Å². The van der Waals surface area contributed by atoms with E-state index in [0.29, 0.717) is 12.2 Å². The number of hydrogen-bond donors (Lipinski definition) is 0. The zero-order chi connectivity index (χ0) is 10.4. The van der Waals surface area contributed by atoms with Crippen LogP contribution in [0.15, 0.2) is 30.3 Å². The van der Waals surface area contributed by atoms with E-state index in [-0.39, 0.29) is 0 Å². The molecule has 1 unspecified atom stereocenters. The van der Waals surface area contributed by atoms with E-state index in [1.54, 1.807) is 24.3 Å². The molecule has 0 aromatic heterocycles. The molecule has 14 heavy (non-hydrogen) atoms. The molecule has 4 heteroatoms. The number of rotatable bonds is 5. The second-order valence-corrected chi connectivity index (χ2v) is 2.96. The maximum absolute atomic E-state index is 10.6. The van der Waals surface area contributed by atoms with Crippen LogP contribution in [-0.4, -0.2) is 11.2 Å². The lowest BCUT2D eigenvalue weighted by Crippen LogP contribution is -2.25. The first-order chi connectivity index (χ1) is 6.74. The minimum Gasteiger partial charge on any atom is -0.430 e. The highest BCUT2D eigenvalue weighted by molar-refractivity contribution is 5.20. The largest absolute Gasteiger partial charge is 0.430 e. The van der Waals surface area contributed by atoms with Crippen molar-refractivity contribution in [2.75, 3.05) is 0 Å². The number of para-hydroxylation sites is 1. The first-order valence-electron chi connectivity index (χ1n) is 4.59. The van der Waals surface area contributed by atoms with Gasteiger partial charge in [0, 0.05) is 0 Å². The van der Waals surface area contributed by atoms with Gasteiger partial charge in [-0.25, -0.2) is 0 Å². The van der Waals surface area contributed by atoms with Gasteiger partial charge in [0.25, 0.3) is 0 Å². The van der Waals surface area contributed by atoms with Crippen LogP contribution in [-0.2, 0) is 0 Å². The van der Waals surface area contributed by atoms with Crippen LogP contribution in [0.4, 0.5) is 0 Å². The molecule has 0 radical (unpaired) electrons. The summed E-state index contributed by atoms with van der Waals surface area (Å²) in [6, 6.07) is 8.85. The molecule has 0 heterocycles. The summed E-state index contributed by atoms with van der Waals surface area (Å²) in [6.45, 7) is 1.89. The molecule has 1 atom stereocenters. The Bertz CT molecular complexity index is 287. The number of ether oxygens (including phenoxy) is 1. The van der Waals surface area contributed by atoms with E-state index < -0.39 is 11.2 Å². The van der Waals surface area contributed by atoms with Gasteiger partial charge in [-0.05, 0) is 18.6 Å². The molecule has 1 aromatic rings. The maximum Gasteiger partial charge on any atom is 0.353 e. The van der Waals surface area contributed by atoms with Crippen molar-refractivity contribution in [3.63, 3.8) is 0 Å². The van der Waals surface area contributed by atoms with Crippen molar-refractivity contribution in [3.05, 3.63) is 40.4 Å². The SMILES string of the molecule is CCCC(Oc1ccccc1)[N+](=O)[O-]. The standard InChI is InChI=1S/C10H13NO3/c1-2-6-10(11(12)13)14-9-7-4-3-5-8-9/h3-5,7-8,10H,2,6H2,1H3. The van der Waals surface area contributed by atoms with Crippen LogP contribution in [0.3, 0.4) is 0 Å². The first-order valence-corrected chi connectivity index (χ1v) is 4.59. The molecule has 0 saturated carbocycles. The van der Waals surface area contributed by atoms with Gasteiger partial charge in [-0.3, -0.25) is 10.1 Å². The lowest BCUT2D eigenvalue weighted by Gasteiger charge is -2.10. The fourth-order valence-electron chi connectivity index (χ4n) is 1.11. The van der Waals surface area contributed by atoms with Gasteiger partial charge in [-0.2, -0.15) is 0 Å². The van der Waals surface area contributed by atoms with Crippen LogP contribution >= 0.6 is 0 Å². The normalized spacial score (nSPS) is 12.1. The van der Waals surface area contributed by atoms with Crippen molar-refractivity contribution in [2.45, 2.75) is 26.0 Å². The van der Waals surface area contributed by atoms with Crippen LogP contribution in [0.2, 0.25) is 0 Å². The van der Waals surface area contributed by atoms with Crippen LogP contribution in [0.5, 0.6) is 5.75 Å². The molecule has 0 aliphatic carbocycles. The van der Waals surface area contributed by atoms with Gasteiger partial charge in [0.05, 0.1) is 11.3 Å². The van der Waals surface area contributed by atoms with Gasteiger partial charge in [-0.15, -0.1) is 0 Å². The highest BCUT2D eigenvalue weighted by Gasteiger charge is 2.19. The van der Waals surface area contributed by atoms with Gasteiger partial charge in [0.15, 0.2) is 0 Å². The second-order valence-electron chi connectivity index (χ2n) is 2.96. The summed E-state index contributed by atoms with van der Waals surface area (Å²) in [7, 11) is 0. The first kappa shape index (κ1) is 10.5. The molecule has 0 saturated heterocycles. The van der Waals surface area contributed by atoms with E-state index in [2.05, 4.69) is 0 Å². The number of nitrogens with zero attached hydrogens (tertiary/aromatic N) is 1. The van der Waals surface area contributed by atoms with Gasteiger partial charge >= 0.3 is 6.23 Å². The number of nitro groups is 1. The van der Waals surface area contributed by atoms with Gasteiger partial charge < -0.3 is 4.74 Å². The van der Waals surface area contributed by atoms with Crippen molar-refractivity contribution in [2.24, 2.45) is 0 Å². The number of benzene rings is 1. The quantitative estimate of drug-likeness (QED) is 0.412. The van der Waals surface area contributed by atoms with E-state index in [9.17, 15) is 10.1 Å². The summed E-state index contributed by atoms with van der Waals surface area (Å²) in [5, 5.41) is 10.6. The zero-order valence-corrected chi connectivity index (χ0v) is 8.05. The molecular formula is C10H13NO3. The Morgan fingerprint density at radius 2 is 2.07 bits per heavy atom. The topological polar surface area (TPSA) is 52.4 Å². The van der Waals surface area contributed by atoms with Crippen LogP contribution < -0.4 is 4.74 Å². The average molecular weight is 195 g/mol. The fourth-order valence-corrected chi connectivity index (χ4v) is 1.11. The highest BCUT2D eigenvalue weighted by atomic mass is 16.7. The summed E-state index contributed by atoms with van der Waals surface area (Å²) < 4.78 is 5.22. The third-order valence-electron chi connectivity index (χ3n) is 1.79. The van der Waals surface area contributed by atoms with Gasteiger partial charge in [0.1, 0.15) is 5.75 Å². The molecule has 76 valence electrons. The highest BCUT2D eigenvalue weighted by Crippen LogP contribution is 2.13. The summed E-state index contributed by atoms with van der Waals surface area (Å²) in [4.78, 5) is 10.2. The van der Waals surface area contributed by atoms with Crippen molar-refractivity contribution < 1.29 is 9.66 Å². The molecule has 0 fully saturated rings. The molecule has 1 rings (SSSR count). The smallest absolute Gasteiger partial charge is 0.353 e. The monoisotopic (exact) mass is 195 g/mol. The van der Waals surface area contributed by atoms with E-state index in [0.717, 1.165) is 6.42 Å². The Labute approximate surface area is 82.7 Å². The summed E-state index contributed by atoms with van der Waals surface area (Å²) in [5.74, 6) is 0.544. The van der Waals surface area contributed by atoms with E-state index in [1.807, 2.05) is 13.0 Å². The molecule has 0 aliphatic heterocycles. The van der Waals surface area contributed by atoms with E-state index in [4.69, 9.17) is 4.74 Å². The Morgan fingerprint density at radius 3 is 2.57 bits per heavy atom. The van der Waals surface area contributed by atoms with Crippen molar-refractivity contribution in [1.29, 1.82) is 0 Å². The lowest BCUT2D eigenvalue weighted by atomic mass is 10.3. The van der Waals surface area contributed by atoms with E-state index in [1.165, 1.54) is 0 Å². The molecule has 0 spiro atoms. The molecule has 0 amide bonds. The second kappa shape index (κ2) is 5.21.